The van der Waals surface area contributed by atoms with Gasteiger partial charge in [-0.1, -0.05) is 6.07 Å². The van der Waals surface area contributed by atoms with Crippen molar-refractivity contribution in [2.45, 2.75) is 39.0 Å². The van der Waals surface area contributed by atoms with E-state index in [0.29, 0.717) is 0 Å². The van der Waals surface area contributed by atoms with Gasteiger partial charge in [0.15, 0.2) is 0 Å². The van der Waals surface area contributed by atoms with Crippen molar-refractivity contribution >= 4 is 0 Å². The Kier molecular flexibility index (Phi) is 1.36. The zero-order valence-corrected chi connectivity index (χ0v) is 8.30. The van der Waals surface area contributed by atoms with Crippen molar-refractivity contribution in [3.63, 3.8) is 0 Å². The Hall–Kier alpha value is -0.850. The van der Waals surface area contributed by atoms with E-state index >= 15 is 0 Å². The summed E-state index contributed by atoms with van der Waals surface area (Å²) in [7, 11) is 0. The van der Waals surface area contributed by atoms with Gasteiger partial charge in [-0.3, -0.25) is 4.98 Å². The molecule has 0 unspecified atom stereocenters. The smallest absolute Gasteiger partial charge is 0.0470 e. The van der Waals surface area contributed by atoms with Crippen LogP contribution in [0.1, 0.15) is 41.3 Å². The first-order chi connectivity index (χ1) is 6.24. The molecule has 0 aliphatic heterocycles. The topological polar surface area (TPSA) is 12.9 Å². The minimum absolute atomic E-state index is 0.813. The number of pyridine rings is 1. The number of rotatable bonds is 0. The van der Waals surface area contributed by atoms with E-state index in [-0.39, 0.29) is 0 Å². The number of aryl methyl sites for hydroxylation is 2. The first-order valence-electron chi connectivity index (χ1n) is 5.21. The fourth-order valence-electron chi connectivity index (χ4n) is 2.73. The highest BCUT2D eigenvalue weighted by Gasteiger charge is 2.38. The molecule has 1 fully saturated rings. The Balaban J connectivity index is 2.16. The lowest BCUT2D eigenvalue weighted by Gasteiger charge is -2.41. The number of aromatic nitrogens is 1. The molecule has 0 aromatic carbocycles. The maximum Gasteiger partial charge on any atom is 0.0470 e. The van der Waals surface area contributed by atoms with Gasteiger partial charge in [0, 0.05) is 17.3 Å². The number of hydrogen-bond acceptors (Lipinski definition) is 1. The molecule has 2 bridgehead atoms. The van der Waals surface area contributed by atoms with Gasteiger partial charge in [0.25, 0.3) is 0 Å². The van der Waals surface area contributed by atoms with E-state index in [1.807, 2.05) is 0 Å². The van der Waals surface area contributed by atoms with Gasteiger partial charge in [-0.25, -0.2) is 0 Å². The average Bonchev–Trinajstić information content (AvgIpc) is 2.03. The molecule has 0 amide bonds. The van der Waals surface area contributed by atoms with Gasteiger partial charge in [0.1, 0.15) is 0 Å². The van der Waals surface area contributed by atoms with Crippen LogP contribution in [0.4, 0.5) is 0 Å². The summed E-state index contributed by atoms with van der Waals surface area (Å²) in [5, 5.41) is 0. The summed E-state index contributed by atoms with van der Waals surface area (Å²) in [5.41, 5.74) is 5.55. The van der Waals surface area contributed by atoms with Crippen LogP contribution in [0.5, 0.6) is 0 Å². The zero-order chi connectivity index (χ0) is 9.00. The van der Waals surface area contributed by atoms with E-state index in [0.717, 1.165) is 11.8 Å². The maximum absolute atomic E-state index is 4.73. The second kappa shape index (κ2) is 2.34. The quantitative estimate of drug-likeness (QED) is 0.588. The minimum Gasteiger partial charge on any atom is -0.257 e. The largest absolute Gasteiger partial charge is 0.257 e. The van der Waals surface area contributed by atoms with Crippen LogP contribution in [-0.4, -0.2) is 4.98 Å². The second-order valence-electron chi connectivity index (χ2n) is 4.67. The third-order valence-corrected chi connectivity index (χ3v) is 3.71. The van der Waals surface area contributed by atoms with Crippen molar-refractivity contribution in [3.05, 3.63) is 28.6 Å². The Morgan fingerprint density at radius 3 is 2.85 bits per heavy atom. The van der Waals surface area contributed by atoms with Gasteiger partial charge in [-0.2, -0.15) is 0 Å². The van der Waals surface area contributed by atoms with E-state index in [1.54, 1.807) is 0 Å². The normalized spacial score (nSPS) is 29.4. The number of hydrogen-bond donors (Lipinski definition) is 0. The molecule has 0 radical (unpaired) electrons. The molecule has 1 aromatic heterocycles. The van der Waals surface area contributed by atoms with E-state index in [2.05, 4.69) is 19.9 Å². The van der Waals surface area contributed by atoms with E-state index < -0.39 is 0 Å². The van der Waals surface area contributed by atoms with Crippen LogP contribution in [0, 0.1) is 19.8 Å². The number of nitrogens with zero attached hydrogens (tertiary/aromatic N) is 1. The van der Waals surface area contributed by atoms with Crippen molar-refractivity contribution in [2.75, 3.05) is 0 Å². The van der Waals surface area contributed by atoms with Crippen molar-refractivity contribution in [2.24, 2.45) is 5.92 Å². The average molecular weight is 173 g/mol. The summed E-state index contributed by atoms with van der Waals surface area (Å²) in [4.78, 5) is 4.73. The van der Waals surface area contributed by atoms with Crippen molar-refractivity contribution < 1.29 is 0 Å². The fourth-order valence-corrected chi connectivity index (χ4v) is 2.73. The molecule has 0 atom stereocenters. The SMILES string of the molecule is Cc1cc2c(nc1C)C1CC(C2)C1. The van der Waals surface area contributed by atoms with Crippen molar-refractivity contribution in [1.29, 1.82) is 0 Å². The Labute approximate surface area is 79.2 Å². The fraction of sp³-hybridized carbons (Fsp3) is 0.583. The highest BCUT2D eigenvalue weighted by atomic mass is 14.7. The van der Waals surface area contributed by atoms with Crippen LogP contribution in [0.25, 0.3) is 0 Å². The molecule has 13 heavy (non-hydrogen) atoms. The van der Waals surface area contributed by atoms with Crippen molar-refractivity contribution in [3.8, 4) is 0 Å². The molecule has 1 nitrogen and oxygen atoms in total. The van der Waals surface area contributed by atoms with Crippen LogP contribution in [0.15, 0.2) is 6.07 Å². The monoisotopic (exact) mass is 173 g/mol. The molecule has 1 saturated carbocycles. The molecule has 0 N–H and O–H groups in total. The minimum atomic E-state index is 0.813. The van der Waals surface area contributed by atoms with Gasteiger partial charge in [-0.05, 0) is 50.2 Å². The van der Waals surface area contributed by atoms with Gasteiger partial charge >= 0.3 is 0 Å². The van der Waals surface area contributed by atoms with Crippen LogP contribution >= 0.6 is 0 Å². The highest BCUT2D eigenvalue weighted by Crippen LogP contribution is 2.48. The molecule has 3 aliphatic rings. The summed E-state index contributed by atoms with van der Waals surface area (Å²) in [6.07, 6.45) is 4.10. The molecule has 0 saturated heterocycles. The first-order valence-corrected chi connectivity index (χ1v) is 5.21. The lowest BCUT2D eigenvalue weighted by Crippen LogP contribution is -2.31. The molecule has 1 aromatic rings. The van der Waals surface area contributed by atoms with Gasteiger partial charge < -0.3 is 0 Å². The van der Waals surface area contributed by atoms with E-state index in [9.17, 15) is 0 Å². The van der Waals surface area contributed by atoms with Gasteiger partial charge in [-0.15, -0.1) is 0 Å². The predicted molar refractivity (Wildman–Crippen MR) is 52.9 cm³/mol. The van der Waals surface area contributed by atoms with Crippen LogP contribution in [0.2, 0.25) is 0 Å². The molecule has 4 rings (SSSR count). The van der Waals surface area contributed by atoms with Crippen LogP contribution < -0.4 is 0 Å². The maximum atomic E-state index is 4.73. The summed E-state index contributed by atoms with van der Waals surface area (Å²) < 4.78 is 0. The Bertz CT molecular complexity index is 362. The molecule has 3 aliphatic carbocycles. The Morgan fingerprint density at radius 2 is 2.08 bits per heavy atom. The van der Waals surface area contributed by atoms with Crippen molar-refractivity contribution in [1.82, 2.24) is 4.98 Å². The van der Waals surface area contributed by atoms with Gasteiger partial charge in [0.05, 0.1) is 0 Å². The highest BCUT2D eigenvalue weighted by molar-refractivity contribution is 5.36. The molecular formula is C12H15N. The lowest BCUT2D eigenvalue weighted by atomic mass is 9.64. The second-order valence-corrected chi connectivity index (χ2v) is 4.67. The Morgan fingerprint density at radius 1 is 1.31 bits per heavy atom. The van der Waals surface area contributed by atoms with Crippen LogP contribution in [-0.2, 0) is 6.42 Å². The van der Waals surface area contributed by atoms with Crippen LogP contribution in [0.3, 0.4) is 0 Å². The lowest BCUT2D eigenvalue weighted by molar-refractivity contribution is 0.231. The molecule has 0 spiro atoms. The van der Waals surface area contributed by atoms with E-state index in [4.69, 9.17) is 4.98 Å². The van der Waals surface area contributed by atoms with E-state index in [1.165, 1.54) is 41.8 Å². The molecule has 68 valence electrons. The summed E-state index contributed by atoms with van der Waals surface area (Å²) >= 11 is 0. The molecule has 1 heteroatoms. The molecule has 1 heterocycles. The summed E-state index contributed by atoms with van der Waals surface area (Å²) in [6, 6.07) is 2.36. The third kappa shape index (κ3) is 0.962. The molecular weight excluding hydrogens is 158 g/mol. The third-order valence-electron chi connectivity index (χ3n) is 3.71. The first kappa shape index (κ1) is 7.54. The van der Waals surface area contributed by atoms with Gasteiger partial charge in [0.2, 0.25) is 0 Å². The summed E-state index contributed by atoms with van der Waals surface area (Å²) in [6.45, 7) is 4.29. The standard InChI is InChI=1S/C12H15N/c1-7-3-10-4-9-5-11(6-9)12(10)13-8(7)2/h3,9,11H,4-6H2,1-2H3. The predicted octanol–water partition coefficient (Wildman–Crippen LogP) is 2.75. The zero-order valence-electron chi connectivity index (χ0n) is 8.30. The summed E-state index contributed by atoms with van der Waals surface area (Å²) in [5.74, 6) is 1.80.